The van der Waals surface area contributed by atoms with Crippen molar-refractivity contribution in [2.45, 2.75) is 4.90 Å². The molecule has 10 nitrogen and oxygen atoms in total. The summed E-state index contributed by atoms with van der Waals surface area (Å²) in [5.74, 6) is -0.740. The van der Waals surface area contributed by atoms with Crippen LogP contribution in [0.15, 0.2) is 53.4 Å². The Bertz CT molecular complexity index is 1110. The van der Waals surface area contributed by atoms with E-state index < -0.39 is 20.6 Å². The van der Waals surface area contributed by atoms with E-state index in [2.05, 4.69) is 0 Å². The zero-order valence-corrected chi connectivity index (χ0v) is 16.6. The molecule has 1 saturated heterocycles. The van der Waals surface area contributed by atoms with E-state index in [9.17, 15) is 28.1 Å². The maximum absolute atomic E-state index is 12.9. The number of piperazine rings is 1. The van der Waals surface area contributed by atoms with Crippen molar-refractivity contribution in [2.24, 2.45) is 0 Å². The lowest BCUT2D eigenvalue weighted by Gasteiger charge is -2.35. The first-order valence-electron chi connectivity index (χ1n) is 9.22. The Morgan fingerprint density at radius 1 is 0.867 bits per heavy atom. The van der Waals surface area contributed by atoms with Crippen molar-refractivity contribution in [3.05, 3.63) is 69.8 Å². The molecule has 0 unspecified atom stereocenters. The summed E-state index contributed by atoms with van der Waals surface area (Å²) in [6.07, 6.45) is 0. The molecule has 2 aliphatic heterocycles. The van der Waals surface area contributed by atoms with Crippen LogP contribution in [0.2, 0.25) is 0 Å². The second kappa shape index (κ2) is 7.59. The van der Waals surface area contributed by atoms with Crippen LogP contribution in [0.1, 0.15) is 20.7 Å². The van der Waals surface area contributed by atoms with Crippen LogP contribution in [0.5, 0.6) is 0 Å². The minimum atomic E-state index is -4.04. The minimum absolute atomic E-state index is 0.0612. The Labute approximate surface area is 172 Å². The van der Waals surface area contributed by atoms with Crippen molar-refractivity contribution in [1.29, 1.82) is 0 Å². The van der Waals surface area contributed by atoms with Gasteiger partial charge in [-0.1, -0.05) is 24.3 Å². The number of rotatable bonds is 5. The molecule has 2 aromatic rings. The van der Waals surface area contributed by atoms with Crippen LogP contribution in [-0.2, 0) is 10.0 Å². The monoisotopic (exact) mass is 430 g/mol. The van der Waals surface area contributed by atoms with Gasteiger partial charge < -0.3 is 0 Å². The number of carbonyl (C=O) groups excluding carboxylic acids is 2. The largest absolute Gasteiger partial charge is 0.289 e. The summed E-state index contributed by atoms with van der Waals surface area (Å²) < 4.78 is 27.0. The fraction of sp³-hybridized carbons (Fsp3) is 0.263. The number of para-hydroxylation sites is 1. The van der Waals surface area contributed by atoms with E-state index in [-0.39, 0.29) is 49.6 Å². The third-order valence-corrected chi connectivity index (χ3v) is 7.18. The van der Waals surface area contributed by atoms with Gasteiger partial charge in [-0.05, 0) is 18.2 Å². The van der Waals surface area contributed by atoms with E-state index in [0.29, 0.717) is 11.1 Å². The van der Waals surface area contributed by atoms with Gasteiger partial charge in [0.25, 0.3) is 17.5 Å². The van der Waals surface area contributed by atoms with Gasteiger partial charge in [-0.2, -0.15) is 4.31 Å². The van der Waals surface area contributed by atoms with Crippen molar-refractivity contribution in [3.63, 3.8) is 0 Å². The number of sulfonamides is 1. The number of imide groups is 1. The Hall–Kier alpha value is -3.15. The Kier molecular flexibility index (Phi) is 5.10. The van der Waals surface area contributed by atoms with E-state index in [1.807, 2.05) is 4.90 Å². The smallest absolute Gasteiger partial charge is 0.283 e. The second-order valence-electron chi connectivity index (χ2n) is 6.97. The highest BCUT2D eigenvalue weighted by atomic mass is 32.2. The molecule has 0 radical (unpaired) electrons. The van der Waals surface area contributed by atoms with Crippen molar-refractivity contribution in [3.8, 4) is 0 Å². The third-order valence-electron chi connectivity index (χ3n) is 5.23. The predicted octanol–water partition coefficient (Wildman–Crippen LogP) is 1.15. The topological polar surface area (TPSA) is 121 Å². The molecule has 2 heterocycles. The molecule has 0 spiro atoms. The zero-order chi connectivity index (χ0) is 21.5. The number of carbonyl (C=O) groups is 2. The van der Waals surface area contributed by atoms with Gasteiger partial charge in [0.05, 0.1) is 22.7 Å². The third kappa shape index (κ3) is 3.36. The fourth-order valence-electron chi connectivity index (χ4n) is 3.64. The van der Waals surface area contributed by atoms with Crippen LogP contribution in [0.4, 0.5) is 5.69 Å². The molecule has 4 rings (SSSR count). The Balaban J connectivity index is 1.44. The molecule has 0 aliphatic carbocycles. The lowest BCUT2D eigenvalue weighted by Crippen LogP contribution is -2.52. The summed E-state index contributed by atoms with van der Waals surface area (Å²) in [6.45, 7) is 0.821. The molecule has 11 heteroatoms. The molecule has 0 N–H and O–H groups in total. The maximum atomic E-state index is 12.9. The van der Waals surface area contributed by atoms with E-state index in [1.54, 1.807) is 24.3 Å². The van der Waals surface area contributed by atoms with Gasteiger partial charge in [-0.25, -0.2) is 8.42 Å². The Morgan fingerprint density at radius 2 is 1.40 bits per heavy atom. The van der Waals surface area contributed by atoms with Crippen LogP contribution < -0.4 is 0 Å². The van der Waals surface area contributed by atoms with Crippen molar-refractivity contribution in [1.82, 2.24) is 14.1 Å². The fourth-order valence-corrected chi connectivity index (χ4v) is 5.22. The molecule has 156 valence electrons. The number of benzene rings is 2. The van der Waals surface area contributed by atoms with E-state index >= 15 is 0 Å². The molecule has 2 aliphatic rings. The first-order valence-corrected chi connectivity index (χ1v) is 10.7. The predicted molar refractivity (Wildman–Crippen MR) is 105 cm³/mol. The van der Waals surface area contributed by atoms with Gasteiger partial charge in [0, 0.05) is 32.2 Å². The summed E-state index contributed by atoms with van der Waals surface area (Å²) in [5.41, 5.74) is 0.256. The summed E-state index contributed by atoms with van der Waals surface area (Å²) in [4.78, 5) is 38.1. The first-order chi connectivity index (χ1) is 14.3. The zero-order valence-electron chi connectivity index (χ0n) is 15.8. The summed E-state index contributed by atoms with van der Waals surface area (Å²) >= 11 is 0. The number of nitro groups is 1. The molecule has 0 aromatic heterocycles. The Morgan fingerprint density at radius 3 is 1.97 bits per heavy atom. The first kappa shape index (κ1) is 20.1. The average Bonchev–Trinajstić information content (AvgIpc) is 2.99. The lowest BCUT2D eigenvalue weighted by molar-refractivity contribution is -0.387. The lowest BCUT2D eigenvalue weighted by atomic mass is 10.1. The molecule has 0 saturated carbocycles. The normalized spacial score (nSPS) is 17.9. The average molecular weight is 430 g/mol. The maximum Gasteiger partial charge on any atom is 0.289 e. The van der Waals surface area contributed by atoms with Crippen molar-refractivity contribution >= 4 is 27.5 Å². The number of nitro benzene ring substituents is 1. The molecule has 0 atom stereocenters. The number of fused-ring (bicyclic) bond motifs is 1. The van der Waals surface area contributed by atoms with Crippen LogP contribution in [0.25, 0.3) is 0 Å². The number of hydrogen-bond donors (Lipinski definition) is 0. The minimum Gasteiger partial charge on any atom is -0.283 e. The number of hydrogen-bond acceptors (Lipinski definition) is 7. The number of amides is 2. The highest BCUT2D eigenvalue weighted by Crippen LogP contribution is 2.27. The van der Waals surface area contributed by atoms with Crippen LogP contribution in [0.3, 0.4) is 0 Å². The highest BCUT2D eigenvalue weighted by molar-refractivity contribution is 7.89. The van der Waals surface area contributed by atoms with Crippen LogP contribution in [-0.4, -0.2) is 72.1 Å². The summed E-state index contributed by atoms with van der Waals surface area (Å²) in [7, 11) is -4.04. The molecule has 1 fully saturated rings. The van der Waals surface area contributed by atoms with Crippen LogP contribution in [0, 0.1) is 10.1 Å². The number of nitrogens with zero attached hydrogens (tertiary/aromatic N) is 4. The molecule has 0 bridgehead atoms. The van der Waals surface area contributed by atoms with E-state index in [4.69, 9.17) is 0 Å². The molecule has 30 heavy (non-hydrogen) atoms. The van der Waals surface area contributed by atoms with Gasteiger partial charge in [0.1, 0.15) is 0 Å². The molecular formula is C19H18N4O6S. The van der Waals surface area contributed by atoms with Gasteiger partial charge in [0.2, 0.25) is 10.0 Å². The van der Waals surface area contributed by atoms with Gasteiger partial charge in [-0.15, -0.1) is 0 Å². The molecular weight excluding hydrogens is 412 g/mol. The standard InChI is InChI=1S/C19H18N4O6S/c24-18-14-5-1-2-6-15(14)19(25)22(18)13-20-9-11-21(12-10-20)30(28,29)17-8-4-3-7-16(17)23(26)27/h1-8H,9-13H2. The quantitative estimate of drug-likeness (QED) is 0.396. The molecule has 2 amide bonds. The summed E-state index contributed by atoms with van der Waals surface area (Å²) in [5, 5.41) is 11.2. The van der Waals surface area contributed by atoms with E-state index in [1.165, 1.54) is 22.5 Å². The second-order valence-corrected chi connectivity index (χ2v) is 8.88. The summed E-state index contributed by atoms with van der Waals surface area (Å²) in [6, 6.07) is 11.8. The highest BCUT2D eigenvalue weighted by Gasteiger charge is 2.38. The van der Waals surface area contributed by atoms with Gasteiger partial charge in [-0.3, -0.25) is 29.5 Å². The van der Waals surface area contributed by atoms with Crippen molar-refractivity contribution in [2.75, 3.05) is 32.8 Å². The van der Waals surface area contributed by atoms with Crippen molar-refractivity contribution < 1.29 is 22.9 Å². The SMILES string of the molecule is O=C1c2ccccc2C(=O)N1CN1CCN(S(=O)(=O)c2ccccc2[N+](=O)[O-])CC1. The van der Waals surface area contributed by atoms with Gasteiger partial charge >= 0.3 is 0 Å². The molecule has 2 aromatic carbocycles. The van der Waals surface area contributed by atoms with E-state index in [0.717, 1.165) is 11.0 Å². The van der Waals surface area contributed by atoms with Crippen LogP contribution >= 0.6 is 0 Å². The van der Waals surface area contributed by atoms with Gasteiger partial charge in [0.15, 0.2) is 4.90 Å².